The number of benzene rings is 1. The van der Waals surface area contributed by atoms with Crippen LogP contribution in [0.1, 0.15) is 9.67 Å². The molecule has 0 atom stereocenters. The molecule has 0 fully saturated rings. The van der Waals surface area contributed by atoms with Gasteiger partial charge in [-0.2, -0.15) is 0 Å². The monoisotopic (exact) mass is 361 g/mol. The summed E-state index contributed by atoms with van der Waals surface area (Å²) in [5.74, 6) is -2.16. The van der Waals surface area contributed by atoms with Crippen molar-refractivity contribution in [1.82, 2.24) is 0 Å². The summed E-state index contributed by atoms with van der Waals surface area (Å²) in [7, 11) is 0. The van der Waals surface area contributed by atoms with E-state index in [2.05, 4.69) is 15.9 Å². The van der Waals surface area contributed by atoms with Crippen LogP contribution in [0.25, 0.3) is 0 Å². The average Bonchev–Trinajstić information content (AvgIpc) is 2.82. The molecule has 104 valence electrons. The van der Waals surface area contributed by atoms with E-state index in [1.54, 1.807) is 0 Å². The molecule has 0 bridgehead atoms. The van der Waals surface area contributed by atoms with Crippen LogP contribution in [-0.2, 0) is 0 Å². The second kappa shape index (κ2) is 5.55. The van der Waals surface area contributed by atoms with Gasteiger partial charge in [0.1, 0.15) is 10.7 Å². The van der Waals surface area contributed by atoms with Crippen LogP contribution in [0.3, 0.4) is 0 Å². The summed E-state index contributed by atoms with van der Waals surface area (Å²) in [6.07, 6.45) is 0. The van der Waals surface area contributed by atoms with Gasteiger partial charge in [0.15, 0.2) is 5.06 Å². The fourth-order valence-corrected chi connectivity index (χ4v) is 2.38. The summed E-state index contributed by atoms with van der Waals surface area (Å²) in [6, 6.07) is 4.49. The van der Waals surface area contributed by atoms with Gasteiger partial charge in [0.25, 0.3) is 0 Å². The van der Waals surface area contributed by atoms with Crippen molar-refractivity contribution in [3.63, 3.8) is 0 Å². The molecule has 0 aliphatic carbocycles. The lowest BCUT2D eigenvalue weighted by Gasteiger charge is -2.05. The number of nitro benzene ring substituents is 1. The summed E-state index contributed by atoms with van der Waals surface area (Å²) >= 11 is 3.63. The van der Waals surface area contributed by atoms with E-state index >= 15 is 0 Å². The summed E-state index contributed by atoms with van der Waals surface area (Å²) in [6.45, 7) is 0. The second-order valence-corrected chi connectivity index (χ2v) is 5.42. The number of nitro groups is 1. The van der Waals surface area contributed by atoms with Crippen molar-refractivity contribution in [3.8, 4) is 10.8 Å². The second-order valence-electron chi connectivity index (χ2n) is 3.52. The first-order chi connectivity index (χ1) is 9.38. The Kier molecular flexibility index (Phi) is 4.00. The zero-order valence-corrected chi connectivity index (χ0v) is 11.9. The number of thiophene rings is 1. The van der Waals surface area contributed by atoms with E-state index in [1.807, 2.05) is 0 Å². The highest BCUT2D eigenvalue weighted by atomic mass is 79.9. The van der Waals surface area contributed by atoms with Crippen LogP contribution in [0.15, 0.2) is 28.7 Å². The van der Waals surface area contributed by atoms with Gasteiger partial charge in [-0.3, -0.25) is 10.1 Å². The third-order valence-corrected chi connectivity index (χ3v) is 3.76. The smallest absolute Gasteiger partial charge is 0.345 e. The first-order valence-corrected chi connectivity index (χ1v) is 6.64. The molecule has 0 aliphatic heterocycles. The summed E-state index contributed by atoms with van der Waals surface area (Å²) in [5, 5.41) is 19.8. The van der Waals surface area contributed by atoms with Crippen LogP contribution in [0, 0.1) is 15.9 Å². The number of ether oxygens (including phenoxy) is 1. The molecule has 20 heavy (non-hydrogen) atoms. The Morgan fingerprint density at radius 3 is 2.70 bits per heavy atom. The largest absolute Gasteiger partial charge is 0.477 e. The Labute approximate surface area is 123 Å². The van der Waals surface area contributed by atoms with Gasteiger partial charge in [0.05, 0.1) is 9.40 Å². The van der Waals surface area contributed by atoms with Crippen LogP contribution < -0.4 is 4.74 Å². The third-order valence-electron chi connectivity index (χ3n) is 2.20. The van der Waals surface area contributed by atoms with Gasteiger partial charge in [-0.05, 0) is 28.1 Å². The number of halogens is 2. The molecule has 0 aliphatic rings. The lowest BCUT2D eigenvalue weighted by Crippen LogP contribution is -1.94. The summed E-state index contributed by atoms with van der Waals surface area (Å²) < 4.78 is 18.5. The maximum Gasteiger partial charge on any atom is 0.345 e. The average molecular weight is 362 g/mol. The van der Waals surface area contributed by atoms with E-state index < -0.39 is 22.4 Å². The first kappa shape index (κ1) is 14.4. The lowest BCUT2D eigenvalue weighted by molar-refractivity contribution is -0.385. The molecule has 0 spiro atoms. The van der Waals surface area contributed by atoms with Gasteiger partial charge in [-0.15, -0.1) is 0 Å². The topological polar surface area (TPSA) is 89.7 Å². The molecular weight excluding hydrogens is 357 g/mol. The lowest BCUT2D eigenvalue weighted by atomic mass is 10.3. The maximum atomic E-state index is 13.4. The van der Waals surface area contributed by atoms with E-state index in [-0.39, 0.29) is 20.2 Å². The SMILES string of the molecule is O=C(O)c1ccc(Oc2cc(F)c(Br)cc2[N+](=O)[O-])s1. The highest BCUT2D eigenvalue weighted by molar-refractivity contribution is 9.10. The number of hydrogen-bond acceptors (Lipinski definition) is 5. The molecule has 9 heteroatoms. The van der Waals surface area contributed by atoms with Crippen LogP contribution in [0.5, 0.6) is 10.8 Å². The van der Waals surface area contributed by atoms with Crippen LogP contribution in [0.2, 0.25) is 0 Å². The van der Waals surface area contributed by atoms with Crippen molar-refractivity contribution in [2.75, 3.05) is 0 Å². The number of carbonyl (C=O) groups is 1. The molecule has 6 nitrogen and oxygen atoms in total. The molecule has 2 aromatic rings. The molecule has 1 aromatic heterocycles. The third kappa shape index (κ3) is 2.94. The predicted octanol–water partition coefficient (Wildman–Crippen LogP) is 4.05. The Hall–Kier alpha value is -2.00. The Morgan fingerprint density at radius 1 is 1.45 bits per heavy atom. The number of rotatable bonds is 4. The zero-order chi connectivity index (χ0) is 14.9. The number of carboxylic acids is 1. The fraction of sp³-hybridized carbons (Fsp3) is 0. The molecule has 1 N–H and O–H groups in total. The molecule has 1 aromatic carbocycles. The molecule has 0 unspecified atom stereocenters. The fourth-order valence-electron chi connectivity index (χ4n) is 1.34. The van der Waals surface area contributed by atoms with E-state index in [4.69, 9.17) is 9.84 Å². The van der Waals surface area contributed by atoms with Crippen LogP contribution >= 0.6 is 27.3 Å². The molecule has 2 rings (SSSR count). The van der Waals surface area contributed by atoms with Crippen LogP contribution in [-0.4, -0.2) is 16.0 Å². The highest BCUT2D eigenvalue weighted by Crippen LogP contribution is 2.37. The predicted molar refractivity (Wildman–Crippen MR) is 72.1 cm³/mol. The molecule has 0 saturated carbocycles. The summed E-state index contributed by atoms with van der Waals surface area (Å²) in [5.41, 5.74) is -0.427. The number of aromatic carboxylic acids is 1. The van der Waals surface area contributed by atoms with Gasteiger partial charge in [0.2, 0.25) is 5.75 Å². The minimum Gasteiger partial charge on any atom is -0.477 e. The first-order valence-electron chi connectivity index (χ1n) is 5.03. The Balaban J connectivity index is 2.39. The highest BCUT2D eigenvalue weighted by Gasteiger charge is 2.20. The van der Waals surface area contributed by atoms with Gasteiger partial charge >= 0.3 is 11.7 Å². The Bertz CT molecular complexity index is 702. The normalized spacial score (nSPS) is 10.3. The number of nitrogens with zero attached hydrogens (tertiary/aromatic N) is 1. The Morgan fingerprint density at radius 2 is 2.15 bits per heavy atom. The van der Waals surface area contributed by atoms with E-state index in [1.165, 1.54) is 12.1 Å². The van der Waals surface area contributed by atoms with Crippen molar-refractivity contribution in [3.05, 3.63) is 49.5 Å². The van der Waals surface area contributed by atoms with Crippen molar-refractivity contribution in [1.29, 1.82) is 0 Å². The van der Waals surface area contributed by atoms with E-state index in [9.17, 15) is 19.3 Å². The molecule has 0 amide bonds. The molecule has 0 radical (unpaired) electrons. The van der Waals surface area contributed by atoms with Crippen molar-refractivity contribution < 1.29 is 24.0 Å². The molecule has 1 heterocycles. The quantitative estimate of drug-likeness (QED) is 0.655. The minimum atomic E-state index is -1.14. The van der Waals surface area contributed by atoms with Gasteiger partial charge in [0, 0.05) is 12.1 Å². The van der Waals surface area contributed by atoms with Gasteiger partial charge in [-0.1, -0.05) is 11.3 Å². The minimum absolute atomic E-state index is 0.0141. The molecule has 0 saturated heterocycles. The van der Waals surface area contributed by atoms with Crippen molar-refractivity contribution >= 4 is 38.9 Å². The zero-order valence-electron chi connectivity index (χ0n) is 9.50. The van der Waals surface area contributed by atoms with Crippen molar-refractivity contribution in [2.24, 2.45) is 0 Å². The van der Waals surface area contributed by atoms with Crippen LogP contribution in [0.4, 0.5) is 10.1 Å². The van der Waals surface area contributed by atoms with Gasteiger partial charge in [-0.25, -0.2) is 9.18 Å². The molecular formula is C11H5BrFNO5S. The van der Waals surface area contributed by atoms with E-state index in [0.717, 1.165) is 23.5 Å². The van der Waals surface area contributed by atoms with E-state index in [0.29, 0.717) is 0 Å². The summed E-state index contributed by atoms with van der Waals surface area (Å²) in [4.78, 5) is 20.9. The van der Waals surface area contributed by atoms with Crippen molar-refractivity contribution in [2.45, 2.75) is 0 Å². The standard InChI is InChI=1S/C11H5BrFNO5S/c12-5-3-7(14(17)18)8(4-6(5)13)19-10-2-1-9(20-10)11(15)16/h1-4H,(H,15,16). The number of carboxylic acid groups (broad SMARTS) is 1. The number of hydrogen-bond donors (Lipinski definition) is 1. The van der Waals surface area contributed by atoms with Gasteiger partial charge < -0.3 is 9.84 Å². The maximum absolute atomic E-state index is 13.4.